The number of carbonyl (C=O) groups is 2. The number of rotatable bonds is 4. The summed E-state index contributed by atoms with van der Waals surface area (Å²) >= 11 is 0. The first-order chi connectivity index (χ1) is 10.0. The highest BCUT2D eigenvalue weighted by Gasteiger charge is 2.17. The van der Waals surface area contributed by atoms with Gasteiger partial charge in [-0.1, -0.05) is 19.9 Å². The monoisotopic (exact) mass is 289 g/mol. The molecule has 0 radical (unpaired) electrons. The Morgan fingerprint density at radius 2 is 1.76 bits per heavy atom. The second-order valence-corrected chi connectivity index (χ2v) is 5.85. The topological polar surface area (TPSA) is 61.4 Å². The Kier molecular flexibility index (Phi) is 5.20. The lowest BCUT2D eigenvalue weighted by molar-refractivity contribution is -0.116. The van der Waals surface area contributed by atoms with Crippen LogP contribution in [0.15, 0.2) is 24.3 Å². The maximum atomic E-state index is 12.0. The maximum absolute atomic E-state index is 12.0. The molecule has 0 aliphatic carbocycles. The summed E-state index contributed by atoms with van der Waals surface area (Å²) in [7, 11) is 0. The normalized spacial score (nSPS) is 14.3. The van der Waals surface area contributed by atoms with Crippen LogP contribution in [0.3, 0.4) is 0 Å². The van der Waals surface area contributed by atoms with Crippen molar-refractivity contribution in [3.8, 4) is 0 Å². The molecule has 0 bridgehead atoms. The molecule has 1 aromatic rings. The summed E-state index contributed by atoms with van der Waals surface area (Å²) in [4.78, 5) is 25.6. The zero-order chi connectivity index (χ0) is 15.2. The molecule has 0 atom stereocenters. The molecule has 0 spiro atoms. The number of hydrogen-bond donors (Lipinski definition) is 2. The molecule has 1 aliphatic heterocycles. The Morgan fingerprint density at radius 3 is 2.38 bits per heavy atom. The Balaban J connectivity index is 1.94. The SMILES string of the molecule is CC(C)CC(=O)Nc1cccc(NC(=O)N2CCCC2)c1. The van der Waals surface area contributed by atoms with Crippen molar-refractivity contribution in [3.63, 3.8) is 0 Å². The van der Waals surface area contributed by atoms with Crippen molar-refractivity contribution < 1.29 is 9.59 Å². The number of hydrogen-bond acceptors (Lipinski definition) is 2. The fraction of sp³-hybridized carbons (Fsp3) is 0.500. The van der Waals surface area contributed by atoms with Crippen molar-refractivity contribution in [2.45, 2.75) is 33.1 Å². The van der Waals surface area contributed by atoms with Gasteiger partial charge in [0.2, 0.25) is 5.91 Å². The highest BCUT2D eigenvalue weighted by atomic mass is 16.2. The van der Waals surface area contributed by atoms with Crippen LogP contribution in [0.2, 0.25) is 0 Å². The number of likely N-dealkylation sites (tertiary alicyclic amines) is 1. The third-order valence-corrected chi connectivity index (χ3v) is 3.38. The van der Waals surface area contributed by atoms with Crippen LogP contribution < -0.4 is 10.6 Å². The molecule has 5 nitrogen and oxygen atoms in total. The van der Waals surface area contributed by atoms with Gasteiger partial charge in [-0.25, -0.2) is 4.79 Å². The van der Waals surface area contributed by atoms with E-state index in [1.165, 1.54) is 0 Å². The molecule has 2 N–H and O–H groups in total. The van der Waals surface area contributed by atoms with Gasteiger partial charge >= 0.3 is 6.03 Å². The van der Waals surface area contributed by atoms with E-state index in [1.54, 1.807) is 6.07 Å². The van der Waals surface area contributed by atoms with Crippen LogP contribution in [-0.4, -0.2) is 29.9 Å². The summed E-state index contributed by atoms with van der Waals surface area (Å²) in [6.45, 7) is 5.64. The molecule has 0 unspecified atom stereocenters. The molecule has 114 valence electrons. The fourth-order valence-electron chi connectivity index (χ4n) is 2.38. The molecule has 2 rings (SSSR count). The highest BCUT2D eigenvalue weighted by molar-refractivity contribution is 5.93. The summed E-state index contributed by atoms with van der Waals surface area (Å²) in [6, 6.07) is 7.19. The molecule has 0 aromatic heterocycles. The first-order valence-electron chi connectivity index (χ1n) is 7.50. The van der Waals surface area contributed by atoms with Gasteiger partial charge in [0.25, 0.3) is 0 Å². The molecule has 1 aromatic carbocycles. The van der Waals surface area contributed by atoms with Crippen molar-refractivity contribution in [1.82, 2.24) is 4.90 Å². The summed E-state index contributed by atoms with van der Waals surface area (Å²) < 4.78 is 0. The lowest BCUT2D eigenvalue weighted by Gasteiger charge is -2.16. The Labute approximate surface area is 125 Å². The number of nitrogens with zero attached hydrogens (tertiary/aromatic N) is 1. The van der Waals surface area contributed by atoms with Gasteiger partial charge in [0, 0.05) is 30.9 Å². The largest absolute Gasteiger partial charge is 0.326 e. The molecular weight excluding hydrogens is 266 g/mol. The van der Waals surface area contributed by atoms with E-state index in [9.17, 15) is 9.59 Å². The minimum atomic E-state index is -0.0712. The average molecular weight is 289 g/mol. The van der Waals surface area contributed by atoms with Crippen molar-refractivity contribution in [3.05, 3.63) is 24.3 Å². The molecule has 1 heterocycles. The van der Waals surface area contributed by atoms with Gasteiger partial charge in [-0.3, -0.25) is 4.79 Å². The van der Waals surface area contributed by atoms with Gasteiger partial charge < -0.3 is 15.5 Å². The first-order valence-corrected chi connectivity index (χ1v) is 7.50. The molecule has 1 fully saturated rings. The number of anilines is 2. The van der Waals surface area contributed by atoms with E-state index in [0.717, 1.165) is 25.9 Å². The predicted molar refractivity (Wildman–Crippen MR) is 84.4 cm³/mol. The number of carbonyl (C=O) groups excluding carboxylic acids is 2. The van der Waals surface area contributed by atoms with E-state index < -0.39 is 0 Å². The standard InChI is InChI=1S/C16H23N3O2/c1-12(2)10-15(20)17-13-6-5-7-14(11-13)18-16(21)19-8-3-4-9-19/h5-7,11-12H,3-4,8-10H2,1-2H3,(H,17,20)(H,18,21). The molecule has 21 heavy (non-hydrogen) atoms. The Morgan fingerprint density at radius 1 is 1.14 bits per heavy atom. The van der Waals surface area contributed by atoms with Gasteiger partial charge in [-0.2, -0.15) is 0 Å². The van der Waals surface area contributed by atoms with Crippen LogP contribution >= 0.6 is 0 Å². The third kappa shape index (κ3) is 4.77. The lowest BCUT2D eigenvalue weighted by atomic mass is 10.1. The van der Waals surface area contributed by atoms with Crippen LogP contribution in [0, 0.1) is 5.92 Å². The van der Waals surface area contributed by atoms with E-state index in [2.05, 4.69) is 10.6 Å². The van der Waals surface area contributed by atoms with E-state index in [-0.39, 0.29) is 11.9 Å². The fourth-order valence-corrected chi connectivity index (χ4v) is 2.38. The van der Waals surface area contributed by atoms with Crippen LogP contribution in [0.5, 0.6) is 0 Å². The van der Waals surface area contributed by atoms with E-state index in [1.807, 2.05) is 36.9 Å². The van der Waals surface area contributed by atoms with Crippen molar-refractivity contribution in [2.75, 3.05) is 23.7 Å². The zero-order valence-electron chi connectivity index (χ0n) is 12.7. The molecule has 1 aliphatic rings. The Bertz CT molecular complexity index is 508. The maximum Gasteiger partial charge on any atom is 0.321 e. The summed E-state index contributed by atoms with van der Waals surface area (Å²) in [5.74, 6) is 0.316. The molecule has 1 saturated heterocycles. The van der Waals surface area contributed by atoms with Gasteiger partial charge in [0.1, 0.15) is 0 Å². The molecule has 0 saturated carbocycles. The minimum Gasteiger partial charge on any atom is -0.326 e. The van der Waals surface area contributed by atoms with Crippen molar-refractivity contribution in [1.29, 1.82) is 0 Å². The van der Waals surface area contributed by atoms with Crippen LogP contribution in [-0.2, 0) is 4.79 Å². The van der Waals surface area contributed by atoms with Gasteiger partial charge in [-0.15, -0.1) is 0 Å². The molecular formula is C16H23N3O2. The predicted octanol–water partition coefficient (Wildman–Crippen LogP) is 3.30. The summed E-state index contributed by atoms with van der Waals surface area (Å²) in [5.41, 5.74) is 1.41. The number of nitrogens with one attached hydrogen (secondary N) is 2. The van der Waals surface area contributed by atoms with Crippen molar-refractivity contribution in [2.24, 2.45) is 5.92 Å². The van der Waals surface area contributed by atoms with E-state index in [4.69, 9.17) is 0 Å². The smallest absolute Gasteiger partial charge is 0.321 e. The van der Waals surface area contributed by atoms with Gasteiger partial charge in [-0.05, 0) is 37.0 Å². The van der Waals surface area contributed by atoms with E-state index in [0.29, 0.717) is 23.7 Å². The van der Waals surface area contributed by atoms with Gasteiger partial charge in [0.05, 0.1) is 0 Å². The van der Waals surface area contributed by atoms with Crippen LogP contribution in [0.1, 0.15) is 33.1 Å². The highest BCUT2D eigenvalue weighted by Crippen LogP contribution is 2.17. The summed E-state index contributed by atoms with van der Waals surface area (Å²) in [6.07, 6.45) is 2.63. The Hall–Kier alpha value is -2.04. The average Bonchev–Trinajstić information content (AvgIpc) is 2.91. The first kappa shape index (κ1) is 15.4. The third-order valence-electron chi connectivity index (χ3n) is 3.38. The second-order valence-electron chi connectivity index (χ2n) is 5.85. The zero-order valence-corrected chi connectivity index (χ0v) is 12.7. The van der Waals surface area contributed by atoms with Crippen LogP contribution in [0.4, 0.5) is 16.2 Å². The molecule has 3 amide bonds. The van der Waals surface area contributed by atoms with Gasteiger partial charge in [0.15, 0.2) is 0 Å². The quantitative estimate of drug-likeness (QED) is 0.893. The van der Waals surface area contributed by atoms with E-state index >= 15 is 0 Å². The minimum absolute atomic E-state index is 0.00646. The van der Waals surface area contributed by atoms with Crippen LogP contribution in [0.25, 0.3) is 0 Å². The summed E-state index contributed by atoms with van der Waals surface area (Å²) in [5, 5.41) is 5.73. The number of urea groups is 1. The number of amides is 3. The second kappa shape index (κ2) is 7.11. The van der Waals surface area contributed by atoms with Crippen molar-refractivity contribution >= 4 is 23.3 Å². The number of benzene rings is 1. The lowest BCUT2D eigenvalue weighted by Crippen LogP contribution is -2.32. The molecule has 5 heteroatoms.